The molecule has 2 aromatic carbocycles. The molecule has 2 N–H and O–H groups in total. The van der Waals surface area contributed by atoms with E-state index >= 15 is 0 Å². The van der Waals surface area contributed by atoms with Gasteiger partial charge in [-0.3, -0.25) is 14.5 Å². The third-order valence-corrected chi connectivity index (χ3v) is 5.21. The van der Waals surface area contributed by atoms with Crippen molar-refractivity contribution in [2.45, 2.75) is 11.8 Å². The molecule has 1 heterocycles. The molecule has 1 amide bonds. The molecule has 0 bridgehead atoms. The summed E-state index contributed by atoms with van der Waals surface area (Å²) in [5.74, 6) is -0.404. The lowest BCUT2D eigenvalue weighted by molar-refractivity contribution is 0.0955. The molecule has 3 rings (SSSR count). The second kappa shape index (κ2) is 8.45. The first-order valence-electron chi connectivity index (χ1n) is 8.37. The molecule has 0 fully saturated rings. The lowest BCUT2D eigenvalue weighted by Crippen LogP contribution is -2.18. The zero-order chi connectivity index (χ0) is 20.0. The first kappa shape index (κ1) is 19.2. The summed E-state index contributed by atoms with van der Waals surface area (Å²) in [4.78, 5) is 16.2. The largest absolute Gasteiger partial charge is 0.280 e. The summed E-state index contributed by atoms with van der Waals surface area (Å²) in [5, 5.41) is 3.88. The van der Waals surface area contributed by atoms with Crippen molar-refractivity contribution >= 4 is 27.8 Å². The number of hydrogen-bond donors (Lipinski definition) is 2. The number of benzene rings is 2. The molecule has 28 heavy (non-hydrogen) atoms. The number of amides is 1. The lowest BCUT2D eigenvalue weighted by Gasteiger charge is -2.09. The van der Waals surface area contributed by atoms with Gasteiger partial charge >= 0.3 is 0 Å². The number of nitrogens with zero attached hydrogens (tertiary/aromatic N) is 2. The molecule has 7 nitrogen and oxygen atoms in total. The highest BCUT2D eigenvalue weighted by Gasteiger charge is 2.14. The van der Waals surface area contributed by atoms with Crippen molar-refractivity contribution in [2.24, 2.45) is 5.10 Å². The van der Waals surface area contributed by atoms with Gasteiger partial charge in [-0.2, -0.15) is 5.10 Å². The number of nitrogens with one attached hydrogen (secondary N) is 2. The third kappa shape index (κ3) is 5.01. The maximum atomic E-state index is 12.4. The van der Waals surface area contributed by atoms with Crippen molar-refractivity contribution in [1.29, 1.82) is 0 Å². The van der Waals surface area contributed by atoms with Crippen LogP contribution >= 0.6 is 0 Å². The van der Waals surface area contributed by atoms with Crippen molar-refractivity contribution in [3.63, 3.8) is 0 Å². The highest BCUT2D eigenvalue weighted by Crippen LogP contribution is 2.17. The highest BCUT2D eigenvalue weighted by atomic mass is 32.2. The van der Waals surface area contributed by atoms with E-state index in [4.69, 9.17) is 0 Å². The van der Waals surface area contributed by atoms with E-state index < -0.39 is 15.9 Å². The Labute approximate surface area is 163 Å². The minimum Gasteiger partial charge on any atom is -0.280 e. The molecule has 142 valence electrons. The van der Waals surface area contributed by atoms with Crippen LogP contribution in [-0.4, -0.2) is 25.5 Å². The fourth-order valence-electron chi connectivity index (χ4n) is 2.30. The van der Waals surface area contributed by atoms with Crippen LogP contribution in [0.25, 0.3) is 0 Å². The fourth-order valence-corrected chi connectivity index (χ4v) is 3.36. The summed E-state index contributed by atoms with van der Waals surface area (Å²) in [6, 6.07) is 16.1. The summed E-state index contributed by atoms with van der Waals surface area (Å²) in [6.45, 7) is 1.88. The molecule has 1 aromatic heterocycles. The molecular formula is C20H18N4O3S. The lowest BCUT2D eigenvalue weighted by atomic mass is 10.2. The van der Waals surface area contributed by atoms with E-state index in [1.807, 2.05) is 6.92 Å². The van der Waals surface area contributed by atoms with Crippen LogP contribution in [0.15, 0.2) is 83.1 Å². The molecule has 3 aromatic rings. The average molecular weight is 394 g/mol. The van der Waals surface area contributed by atoms with E-state index in [2.05, 4.69) is 20.2 Å². The number of pyridine rings is 1. The predicted octanol–water partition coefficient (Wildman–Crippen LogP) is 2.95. The number of aryl methyl sites for hydroxylation is 1. The van der Waals surface area contributed by atoms with Crippen LogP contribution in [0.2, 0.25) is 0 Å². The van der Waals surface area contributed by atoms with Crippen molar-refractivity contribution in [3.05, 3.63) is 89.7 Å². The van der Waals surface area contributed by atoms with Crippen molar-refractivity contribution < 1.29 is 13.2 Å². The second-order valence-corrected chi connectivity index (χ2v) is 7.66. The number of carbonyl (C=O) groups excluding carboxylic acids is 1. The smallest absolute Gasteiger partial charge is 0.271 e. The third-order valence-electron chi connectivity index (χ3n) is 3.82. The Hall–Kier alpha value is -3.52. The topological polar surface area (TPSA) is 101 Å². The highest BCUT2D eigenvalue weighted by molar-refractivity contribution is 7.92. The Morgan fingerprint density at radius 1 is 0.964 bits per heavy atom. The van der Waals surface area contributed by atoms with Gasteiger partial charge in [0.15, 0.2) is 0 Å². The van der Waals surface area contributed by atoms with Crippen LogP contribution in [0.4, 0.5) is 5.69 Å². The number of carbonyl (C=O) groups is 1. The number of hydrogen-bond acceptors (Lipinski definition) is 5. The molecule has 0 spiro atoms. The SMILES string of the molecule is Cc1ccc(S(=O)(=O)Nc2ccc(C(=O)N/N=C\c3ccncc3)cc2)cc1. The fraction of sp³-hybridized carbons (Fsp3) is 0.0500. The molecule has 0 aliphatic rings. The molecule has 0 unspecified atom stereocenters. The van der Waals surface area contributed by atoms with Gasteiger partial charge in [-0.1, -0.05) is 17.7 Å². The van der Waals surface area contributed by atoms with Crippen LogP contribution in [0, 0.1) is 6.92 Å². The minimum absolute atomic E-state index is 0.172. The number of anilines is 1. The molecule has 0 saturated carbocycles. The second-order valence-electron chi connectivity index (χ2n) is 5.98. The van der Waals surface area contributed by atoms with Crippen LogP contribution in [0.3, 0.4) is 0 Å². The quantitative estimate of drug-likeness (QED) is 0.496. The zero-order valence-electron chi connectivity index (χ0n) is 15.0. The molecule has 0 atom stereocenters. The average Bonchev–Trinajstić information content (AvgIpc) is 2.69. The molecule has 0 aliphatic carbocycles. The van der Waals surface area contributed by atoms with E-state index in [0.717, 1.165) is 11.1 Å². The van der Waals surface area contributed by atoms with E-state index in [-0.39, 0.29) is 4.90 Å². The standard InChI is InChI=1S/C20H18N4O3S/c1-15-2-8-19(9-3-15)28(26,27)24-18-6-4-17(5-7-18)20(25)23-22-14-16-10-12-21-13-11-16/h2-14,24H,1H3,(H,23,25)/b22-14-. The molecule has 8 heteroatoms. The minimum atomic E-state index is -3.69. The summed E-state index contributed by atoms with van der Waals surface area (Å²) >= 11 is 0. The maximum Gasteiger partial charge on any atom is 0.271 e. The summed E-state index contributed by atoms with van der Waals surface area (Å²) in [5.41, 5.74) is 4.90. The Morgan fingerprint density at radius 3 is 2.25 bits per heavy atom. The maximum absolute atomic E-state index is 12.4. The Bertz CT molecular complexity index is 1080. The first-order chi connectivity index (χ1) is 13.4. The number of hydrazone groups is 1. The van der Waals surface area contributed by atoms with Crippen molar-refractivity contribution in [3.8, 4) is 0 Å². The van der Waals surface area contributed by atoms with E-state index in [1.165, 1.54) is 30.5 Å². The van der Waals surface area contributed by atoms with Gasteiger partial charge in [-0.05, 0) is 61.0 Å². The summed E-state index contributed by atoms with van der Waals surface area (Å²) < 4.78 is 27.3. The molecular weight excluding hydrogens is 376 g/mol. The van der Waals surface area contributed by atoms with Gasteiger partial charge < -0.3 is 0 Å². The molecule has 0 saturated heterocycles. The number of sulfonamides is 1. The van der Waals surface area contributed by atoms with E-state index in [9.17, 15) is 13.2 Å². The monoisotopic (exact) mass is 394 g/mol. The Balaban J connectivity index is 1.63. The van der Waals surface area contributed by atoms with Crippen LogP contribution in [0.5, 0.6) is 0 Å². The van der Waals surface area contributed by atoms with Gasteiger partial charge in [0, 0.05) is 23.6 Å². The number of rotatable bonds is 6. The number of aromatic nitrogens is 1. The zero-order valence-corrected chi connectivity index (χ0v) is 15.8. The van der Waals surface area contributed by atoms with Crippen LogP contribution < -0.4 is 10.1 Å². The van der Waals surface area contributed by atoms with Crippen molar-refractivity contribution in [2.75, 3.05) is 4.72 Å². The van der Waals surface area contributed by atoms with E-state index in [1.54, 1.807) is 48.8 Å². The van der Waals surface area contributed by atoms with Crippen molar-refractivity contribution in [1.82, 2.24) is 10.4 Å². The predicted molar refractivity (Wildman–Crippen MR) is 108 cm³/mol. The molecule has 0 aliphatic heterocycles. The molecule has 0 radical (unpaired) electrons. The summed E-state index contributed by atoms with van der Waals surface area (Å²) in [7, 11) is -3.69. The van der Waals surface area contributed by atoms with Crippen LogP contribution in [0.1, 0.15) is 21.5 Å². The van der Waals surface area contributed by atoms with Gasteiger partial charge in [0.05, 0.1) is 11.1 Å². The normalized spacial score (nSPS) is 11.3. The van der Waals surface area contributed by atoms with Gasteiger partial charge in [-0.15, -0.1) is 0 Å². The van der Waals surface area contributed by atoms with Gasteiger partial charge in [0.25, 0.3) is 15.9 Å². The Morgan fingerprint density at radius 2 is 1.61 bits per heavy atom. The Kier molecular flexibility index (Phi) is 5.81. The van der Waals surface area contributed by atoms with Gasteiger partial charge in [0.1, 0.15) is 0 Å². The van der Waals surface area contributed by atoms with Crippen LogP contribution in [-0.2, 0) is 10.0 Å². The summed E-state index contributed by atoms with van der Waals surface area (Å²) in [6.07, 6.45) is 4.75. The van der Waals surface area contributed by atoms with E-state index in [0.29, 0.717) is 11.3 Å². The first-order valence-corrected chi connectivity index (χ1v) is 9.85. The van der Waals surface area contributed by atoms with Gasteiger partial charge in [-0.25, -0.2) is 13.8 Å². The van der Waals surface area contributed by atoms with Gasteiger partial charge in [0.2, 0.25) is 0 Å².